The Hall–Kier alpha value is -2.87. The zero-order chi connectivity index (χ0) is 21.3. The van der Waals surface area contributed by atoms with Gasteiger partial charge in [-0.3, -0.25) is 4.90 Å². The third kappa shape index (κ3) is 4.48. The molecule has 0 spiro atoms. The Morgan fingerprint density at radius 3 is 2.73 bits per heavy atom. The van der Waals surface area contributed by atoms with Crippen molar-refractivity contribution in [2.75, 3.05) is 4.90 Å². The third-order valence-electron chi connectivity index (χ3n) is 4.69. The number of anilines is 1. The predicted molar refractivity (Wildman–Crippen MR) is 116 cm³/mol. The normalized spacial score (nSPS) is 18.2. The Kier molecular flexibility index (Phi) is 5.51. The van der Waals surface area contributed by atoms with Crippen LogP contribution in [0, 0.1) is 5.92 Å². The highest BCUT2D eigenvalue weighted by molar-refractivity contribution is 7.98. The average Bonchev–Trinajstić information content (AvgIpc) is 3.30. The number of nitrogens with zero attached hydrogens (tertiary/aromatic N) is 4. The summed E-state index contributed by atoms with van der Waals surface area (Å²) in [5.41, 5.74) is 1.17. The summed E-state index contributed by atoms with van der Waals surface area (Å²) in [5, 5.41) is 5.12. The highest BCUT2D eigenvalue weighted by Crippen LogP contribution is 2.39. The molecule has 0 aliphatic heterocycles. The Bertz CT molecular complexity index is 1060. The second-order valence-corrected chi connectivity index (χ2v) is 9.28. The molecule has 30 heavy (non-hydrogen) atoms. The van der Waals surface area contributed by atoms with Gasteiger partial charge in [0.05, 0.1) is 12.2 Å². The van der Waals surface area contributed by atoms with Crippen molar-refractivity contribution in [2.45, 2.75) is 49.6 Å². The summed E-state index contributed by atoms with van der Waals surface area (Å²) in [6, 6.07) is 13.5. The zero-order valence-electron chi connectivity index (χ0n) is 17.2. The predicted octanol–water partition coefficient (Wildman–Crippen LogP) is 4.35. The molecule has 2 unspecified atom stereocenters. The van der Waals surface area contributed by atoms with Crippen molar-refractivity contribution >= 4 is 35.6 Å². The van der Waals surface area contributed by atoms with E-state index >= 15 is 0 Å². The van der Waals surface area contributed by atoms with Gasteiger partial charge in [-0.2, -0.15) is 9.61 Å². The largest absolute Gasteiger partial charge is 0.443 e. The summed E-state index contributed by atoms with van der Waals surface area (Å²) in [6.07, 6.45) is 2.67. The quantitative estimate of drug-likeness (QED) is 0.333. The van der Waals surface area contributed by atoms with E-state index in [9.17, 15) is 9.59 Å². The number of benzene rings is 1. The van der Waals surface area contributed by atoms with Crippen molar-refractivity contribution < 1.29 is 14.3 Å². The van der Waals surface area contributed by atoms with Crippen LogP contribution in [-0.2, 0) is 15.3 Å². The molecular formula is C22H24N4O3S. The number of amides is 1. The minimum Gasteiger partial charge on any atom is -0.443 e. The molecule has 156 valence electrons. The number of ether oxygens (including phenoxy) is 1. The number of fused-ring (bicyclic) bond motifs is 1. The lowest BCUT2D eigenvalue weighted by Gasteiger charge is -2.28. The molecular weight excluding hydrogens is 400 g/mol. The fourth-order valence-electron chi connectivity index (χ4n) is 3.20. The highest BCUT2D eigenvalue weighted by atomic mass is 32.2. The van der Waals surface area contributed by atoms with Gasteiger partial charge in [-0.25, -0.2) is 9.78 Å². The molecule has 4 rings (SSSR count). The molecule has 1 aromatic carbocycles. The summed E-state index contributed by atoms with van der Waals surface area (Å²) in [6.45, 7) is 5.47. The maximum absolute atomic E-state index is 13.1. The van der Waals surface area contributed by atoms with Crippen LogP contribution in [0.2, 0.25) is 0 Å². The van der Waals surface area contributed by atoms with E-state index in [-0.39, 0.29) is 12.0 Å². The van der Waals surface area contributed by atoms with E-state index in [1.165, 1.54) is 5.56 Å². The summed E-state index contributed by atoms with van der Waals surface area (Å²) < 4.78 is 7.27. The average molecular weight is 425 g/mol. The van der Waals surface area contributed by atoms with Crippen LogP contribution in [0.3, 0.4) is 0 Å². The number of carbonyl (C=O) groups excluding carboxylic acids is 2. The number of rotatable bonds is 6. The molecule has 8 heteroatoms. The molecule has 0 saturated heterocycles. The van der Waals surface area contributed by atoms with Crippen molar-refractivity contribution in [2.24, 2.45) is 5.92 Å². The Morgan fingerprint density at radius 1 is 1.30 bits per heavy atom. The second-order valence-electron chi connectivity index (χ2n) is 8.28. The van der Waals surface area contributed by atoms with Crippen LogP contribution in [0.5, 0.6) is 0 Å². The summed E-state index contributed by atoms with van der Waals surface area (Å²) in [7, 11) is 0. The number of thioether (sulfide) groups is 1. The first-order valence-corrected chi connectivity index (χ1v) is 10.8. The van der Waals surface area contributed by atoms with Gasteiger partial charge < -0.3 is 9.53 Å². The van der Waals surface area contributed by atoms with Crippen LogP contribution in [0.15, 0.2) is 53.7 Å². The lowest BCUT2D eigenvalue weighted by atomic mass is 10.2. The van der Waals surface area contributed by atoms with Gasteiger partial charge in [0.2, 0.25) is 0 Å². The van der Waals surface area contributed by atoms with E-state index in [0.29, 0.717) is 17.9 Å². The Labute approximate surface area is 179 Å². The van der Waals surface area contributed by atoms with Gasteiger partial charge in [0.25, 0.3) is 0 Å². The molecule has 0 radical (unpaired) electrons. The number of aromatic nitrogens is 3. The van der Waals surface area contributed by atoms with E-state index in [1.807, 2.05) is 45.0 Å². The number of aldehydes is 1. The molecule has 1 saturated carbocycles. The van der Waals surface area contributed by atoms with Crippen LogP contribution in [0.1, 0.15) is 32.8 Å². The fourth-order valence-corrected chi connectivity index (χ4v) is 4.06. The van der Waals surface area contributed by atoms with E-state index < -0.39 is 11.7 Å². The third-order valence-corrected chi connectivity index (χ3v) is 5.68. The van der Waals surface area contributed by atoms with Crippen LogP contribution < -0.4 is 4.90 Å². The molecule has 0 N–H and O–H groups in total. The number of hydrogen-bond donors (Lipinski definition) is 0. The maximum Gasteiger partial charge on any atom is 0.416 e. The highest BCUT2D eigenvalue weighted by Gasteiger charge is 2.47. The first-order valence-electron chi connectivity index (χ1n) is 9.85. The van der Waals surface area contributed by atoms with Crippen LogP contribution in [-0.4, -0.2) is 38.6 Å². The topological polar surface area (TPSA) is 76.8 Å². The lowest BCUT2D eigenvalue weighted by molar-refractivity contribution is -0.108. The summed E-state index contributed by atoms with van der Waals surface area (Å²) in [5.74, 6) is 1.12. The van der Waals surface area contributed by atoms with E-state index in [2.05, 4.69) is 22.2 Å². The molecule has 1 aliphatic carbocycles. The van der Waals surface area contributed by atoms with Gasteiger partial charge in [0, 0.05) is 23.8 Å². The van der Waals surface area contributed by atoms with Gasteiger partial charge in [-0.1, -0.05) is 30.3 Å². The first-order chi connectivity index (χ1) is 14.4. The SMILES string of the molecule is CC(C)(C)OC(=O)N(c1cc(SCc2ccccc2)nc2ccnn12)C1CC1C=O. The molecule has 3 aromatic rings. The maximum atomic E-state index is 13.1. The Morgan fingerprint density at radius 2 is 2.07 bits per heavy atom. The van der Waals surface area contributed by atoms with E-state index in [0.717, 1.165) is 17.1 Å². The number of hydrogen-bond acceptors (Lipinski definition) is 6. The van der Waals surface area contributed by atoms with Gasteiger partial charge in [0.1, 0.15) is 22.7 Å². The molecule has 0 bridgehead atoms. The molecule has 1 amide bonds. The smallest absolute Gasteiger partial charge is 0.416 e. The summed E-state index contributed by atoms with van der Waals surface area (Å²) >= 11 is 1.59. The van der Waals surface area contributed by atoms with Gasteiger partial charge in [0.15, 0.2) is 5.65 Å². The zero-order valence-corrected chi connectivity index (χ0v) is 18.0. The minimum absolute atomic E-state index is 0.197. The van der Waals surface area contributed by atoms with Gasteiger partial charge in [-0.15, -0.1) is 11.8 Å². The molecule has 2 atom stereocenters. The molecule has 2 heterocycles. The van der Waals surface area contributed by atoms with Crippen LogP contribution in [0.4, 0.5) is 10.6 Å². The van der Waals surface area contributed by atoms with E-state index in [4.69, 9.17) is 4.74 Å². The fraction of sp³-hybridized carbons (Fsp3) is 0.364. The minimum atomic E-state index is -0.651. The standard InChI is InChI=1S/C22H24N4O3S/c1-22(2,3)29-21(28)25(17-11-16(17)13-27)20-12-19(24-18-9-10-23-26(18)20)30-14-15-7-5-4-6-8-15/h4-10,12-13,16-17H,11,14H2,1-3H3. The van der Waals surface area contributed by atoms with Crippen molar-refractivity contribution in [3.05, 3.63) is 54.2 Å². The Balaban J connectivity index is 1.69. The lowest BCUT2D eigenvalue weighted by Crippen LogP contribution is -2.40. The van der Waals surface area contributed by atoms with Gasteiger partial charge >= 0.3 is 6.09 Å². The molecule has 1 aliphatic rings. The molecule has 2 aromatic heterocycles. The second kappa shape index (κ2) is 8.10. The summed E-state index contributed by atoms with van der Waals surface area (Å²) in [4.78, 5) is 30.6. The van der Waals surface area contributed by atoms with Crippen molar-refractivity contribution in [1.29, 1.82) is 0 Å². The molecule has 7 nitrogen and oxygen atoms in total. The molecule has 1 fully saturated rings. The van der Waals surface area contributed by atoms with Gasteiger partial charge in [-0.05, 0) is 32.8 Å². The van der Waals surface area contributed by atoms with Crippen LogP contribution in [0.25, 0.3) is 5.65 Å². The van der Waals surface area contributed by atoms with Crippen molar-refractivity contribution in [3.8, 4) is 0 Å². The van der Waals surface area contributed by atoms with Crippen molar-refractivity contribution in [3.63, 3.8) is 0 Å². The van der Waals surface area contributed by atoms with E-state index in [1.54, 1.807) is 33.4 Å². The van der Waals surface area contributed by atoms with Crippen LogP contribution >= 0.6 is 11.8 Å². The number of carbonyl (C=O) groups is 2. The first kappa shape index (κ1) is 20.4. The van der Waals surface area contributed by atoms with Crippen molar-refractivity contribution in [1.82, 2.24) is 14.6 Å². The monoisotopic (exact) mass is 424 g/mol.